The van der Waals surface area contributed by atoms with Crippen LogP contribution in [0, 0.1) is 0 Å². The molecule has 0 saturated heterocycles. The van der Waals surface area contributed by atoms with Crippen LogP contribution in [0.3, 0.4) is 0 Å². The highest BCUT2D eigenvalue weighted by molar-refractivity contribution is 6.25. The number of benzene rings is 11. The molecule has 11 aromatic carbocycles. The van der Waals surface area contributed by atoms with Gasteiger partial charge in [0.25, 0.3) is 0 Å². The summed E-state index contributed by atoms with van der Waals surface area (Å²) in [5.74, 6) is 0. The van der Waals surface area contributed by atoms with Gasteiger partial charge in [-0.15, -0.1) is 0 Å². The molecule has 0 amide bonds. The van der Waals surface area contributed by atoms with Crippen molar-refractivity contribution < 1.29 is 13.3 Å². The van der Waals surface area contributed by atoms with Crippen LogP contribution < -0.4 is 9.80 Å². The zero-order valence-electron chi connectivity index (χ0n) is 44.2. The molecule has 0 radical (unpaired) electrons. The van der Waals surface area contributed by atoms with Crippen molar-refractivity contribution in [3.63, 3.8) is 0 Å². The third kappa shape index (κ3) is 6.63. The van der Waals surface area contributed by atoms with Gasteiger partial charge in [0.05, 0.1) is 11.4 Å². The van der Waals surface area contributed by atoms with Crippen molar-refractivity contribution >= 4 is 111 Å². The fourth-order valence-corrected chi connectivity index (χ4v) is 13.7. The molecule has 79 heavy (non-hydrogen) atoms. The minimum absolute atomic E-state index is 0.398. The lowest BCUT2D eigenvalue weighted by Gasteiger charge is -2.32. The lowest BCUT2D eigenvalue weighted by molar-refractivity contribution is 0.663. The van der Waals surface area contributed by atoms with Gasteiger partial charge in [0, 0.05) is 65.9 Å². The van der Waals surface area contributed by atoms with Gasteiger partial charge in [-0.3, -0.25) is 0 Å². The fraction of sp³-hybridized carbons (Fsp3) is 0.0811. The number of furan rings is 3. The van der Waals surface area contributed by atoms with Crippen LogP contribution in [-0.4, -0.2) is 0 Å². The normalized spacial score (nSPS) is 14.2. The van der Waals surface area contributed by atoms with Crippen molar-refractivity contribution in [2.75, 3.05) is 9.80 Å². The Kier molecular flexibility index (Phi) is 9.66. The van der Waals surface area contributed by atoms with Crippen LogP contribution in [0.15, 0.2) is 256 Å². The molecule has 376 valence electrons. The summed E-state index contributed by atoms with van der Waals surface area (Å²) in [5, 5.41) is 6.66. The van der Waals surface area contributed by atoms with E-state index in [0.717, 1.165) is 111 Å². The van der Waals surface area contributed by atoms with E-state index in [2.05, 4.69) is 280 Å². The minimum Gasteiger partial charge on any atom is -0.456 e. The second-order valence-corrected chi connectivity index (χ2v) is 22.4. The number of nitrogens with zero attached hydrogens (tertiary/aromatic N) is 2. The van der Waals surface area contributed by atoms with Gasteiger partial charge in [-0.2, -0.15) is 0 Å². The largest absolute Gasteiger partial charge is 0.456 e. The van der Waals surface area contributed by atoms with Gasteiger partial charge in [0.15, 0.2) is 11.2 Å². The SMILES string of the molecule is CC1(C)C2=C(c3c1cc(N(c1cc(-c4ccccc4)cc(N(c4ccccc4)c4ccc(-c5ccccc5)cc4)c1)c1cccc4c1oc1ccccc14)c1oc4ccccc4c31)C(C)(C)c1c2ccc2oc3ccccc3c12. The molecule has 0 unspecified atom stereocenters. The molecule has 3 heterocycles. The number of para-hydroxylation sites is 5. The number of allylic oxidation sites excluding steroid dienone is 2. The third-order valence-corrected chi connectivity index (χ3v) is 17.1. The standard InChI is InChI=1S/C74H52N2O3/c1-73(2)58-44-60(72-66(56-29-16-19-34-63(56)79-72)67(58)70-69(73)57-39-40-64-65(68(57)74(70,3)4)55-28-15-18-33-62(55)77-64)76(59-31-20-30-54-53-27-14-17-32-61(53)78-71(54)59)52-42-48(46-23-10-6-11-24-46)41-51(43-52)75(49-25-12-7-13-26-49)50-37-35-47(36-38-50)45-21-8-5-9-22-45/h5-44H,1-4H3. The van der Waals surface area contributed by atoms with Crippen molar-refractivity contribution in [1.82, 2.24) is 0 Å². The zero-order chi connectivity index (χ0) is 52.7. The Morgan fingerprint density at radius 3 is 1.54 bits per heavy atom. The first-order valence-electron chi connectivity index (χ1n) is 27.3. The average Bonchev–Trinajstić information content (AvgIpc) is 2.62. The fourth-order valence-electron chi connectivity index (χ4n) is 13.7. The summed E-state index contributed by atoms with van der Waals surface area (Å²) in [6.07, 6.45) is 0. The van der Waals surface area contributed by atoms with Gasteiger partial charge in [0.2, 0.25) is 0 Å². The maximum atomic E-state index is 7.44. The van der Waals surface area contributed by atoms with E-state index in [4.69, 9.17) is 13.3 Å². The Bertz CT molecular complexity index is 4830. The Morgan fingerprint density at radius 2 is 0.848 bits per heavy atom. The number of hydrogen-bond donors (Lipinski definition) is 0. The van der Waals surface area contributed by atoms with E-state index >= 15 is 0 Å². The van der Waals surface area contributed by atoms with Crippen LogP contribution in [0.2, 0.25) is 0 Å². The second-order valence-electron chi connectivity index (χ2n) is 22.4. The smallest absolute Gasteiger partial charge is 0.160 e. The molecule has 0 N–H and O–H groups in total. The van der Waals surface area contributed by atoms with Crippen LogP contribution in [0.1, 0.15) is 49.9 Å². The highest BCUT2D eigenvalue weighted by Crippen LogP contribution is 2.67. The van der Waals surface area contributed by atoms with Gasteiger partial charge in [-0.25, -0.2) is 0 Å². The summed E-state index contributed by atoms with van der Waals surface area (Å²) in [6, 6.07) is 87.0. The summed E-state index contributed by atoms with van der Waals surface area (Å²) in [4.78, 5) is 4.80. The first-order valence-corrected chi connectivity index (χ1v) is 27.3. The van der Waals surface area contributed by atoms with E-state index in [1.54, 1.807) is 0 Å². The van der Waals surface area contributed by atoms with Crippen molar-refractivity contribution in [2.45, 2.75) is 38.5 Å². The maximum absolute atomic E-state index is 7.44. The second kappa shape index (κ2) is 16.8. The van der Waals surface area contributed by atoms with Crippen LogP contribution in [0.25, 0.3) is 99.2 Å². The first kappa shape index (κ1) is 45.4. The van der Waals surface area contributed by atoms with Crippen molar-refractivity contribution in [1.29, 1.82) is 0 Å². The lowest BCUT2D eigenvalue weighted by Crippen LogP contribution is -2.21. The van der Waals surface area contributed by atoms with E-state index in [0.29, 0.717) is 0 Å². The van der Waals surface area contributed by atoms with Gasteiger partial charge in [-0.05, 0) is 135 Å². The Morgan fingerprint density at radius 1 is 0.316 bits per heavy atom. The molecule has 5 heteroatoms. The molecule has 0 spiro atoms. The molecule has 3 aromatic heterocycles. The molecule has 0 bridgehead atoms. The monoisotopic (exact) mass is 1020 g/mol. The summed E-state index contributed by atoms with van der Waals surface area (Å²) in [6.45, 7) is 9.69. The molecule has 0 saturated carbocycles. The molecule has 16 rings (SSSR count). The predicted molar refractivity (Wildman–Crippen MR) is 328 cm³/mol. The van der Waals surface area contributed by atoms with E-state index in [-0.39, 0.29) is 0 Å². The van der Waals surface area contributed by atoms with Gasteiger partial charge in [0.1, 0.15) is 22.3 Å². The van der Waals surface area contributed by atoms with Crippen LogP contribution in [0.5, 0.6) is 0 Å². The van der Waals surface area contributed by atoms with E-state index in [9.17, 15) is 0 Å². The summed E-state index contributed by atoms with van der Waals surface area (Å²) in [7, 11) is 0. The van der Waals surface area contributed by atoms with Crippen molar-refractivity contribution in [3.05, 3.63) is 265 Å². The summed E-state index contributed by atoms with van der Waals surface area (Å²) < 4.78 is 21.1. The van der Waals surface area contributed by atoms with Gasteiger partial charge in [-0.1, -0.05) is 191 Å². The third-order valence-electron chi connectivity index (χ3n) is 17.1. The number of anilines is 6. The lowest BCUT2D eigenvalue weighted by atomic mass is 9.73. The molecule has 14 aromatic rings. The van der Waals surface area contributed by atoms with Crippen LogP contribution in [-0.2, 0) is 10.8 Å². The van der Waals surface area contributed by atoms with Gasteiger partial charge >= 0.3 is 0 Å². The van der Waals surface area contributed by atoms with Crippen LogP contribution >= 0.6 is 0 Å². The first-order chi connectivity index (χ1) is 38.7. The Labute approximate surface area is 457 Å². The van der Waals surface area contributed by atoms with E-state index in [1.165, 1.54) is 44.3 Å². The molecule has 2 aliphatic rings. The summed E-state index contributed by atoms with van der Waals surface area (Å²) in [5.41, 5.74) is 22.4. The van der Waals surface area contributed by atoms with Crippen molar-refractivity contribution in [2.24, 2.45) is 0 Å². The maximum Gasteiger partial charge on any atom is 0.160 e. The van der Waals surface area contributed by atoms with Crippen LogP contribution in [0.4, 0.5) is 34.1 Å². The Balaban J connectivity index is 0.994. The molecule has 0 fully saturated rings. The highest BCUT2D eigenvalue weighted by Gasteiger charge is 2.52. The topological polar surface area (TPSA) is 45.9 Å². The van der Waals surface area contributed by atoms with Crippen molar-refractivity contribution in [3.8, 4) is 22.3 Å². The highest BCUT2D eigenvalue weighted by atomic mass is 16.3. The molecule has 2 aliphatic carbocycles. The quantitative estimate of drug-likeness (QED) is 0.152. The zero-order valence-corrected chi connectivity index (χ0v) is 44.2. The average molecular weight is 1020 g/mol. The van der Waals surface area contributed by atoms with E-state index in [1.807, 2.05) is 0 Å². The molecule has 5 nitrogen and oxygen atoms in total. The number of rotatable bonds is 8. The molecule has 0 aliphatic heterocycles. The number of fused-ring (bicyclic) bond motifs is 15. The van der Waals surface area contributed by atoms with E-state index < -0.39 is 10.8 Å². The molecular weight excluding hydrogens is 965 g/mol. The number of hydrogen-bond acceptors (Lipinski definition) is 5. The summed E-state index contributed by atoms with van der Waals surface area (Å²) >= 11 is 0. The minimum atomic E-state index is -0.439. The van der Waals surface area contributed by atoms with Gasteiger partial charge < -0.3 is 23.1 Å². The molecular formula is C74H52N2O3. The molecule has 0 atom stereocenters. The Hall–Kier alpha value is -9.84. The predicted octanol–water partition coefficient (Wildman–Crippen LogP) is 21.2.